The number of anilines is 1. The molecule has 0 spiro atoms. The van der Waals surface area contributed by atoms with Gasteiger partial charge < -0.3 is 5.73 Å². The van der Waals surface area contributed by atoms with Gasteiger partial charge in [0.2, 0.25) is 10.0 Å². The lowest BCUT2D eigenvalue weighted by Crippen LogP contribution is -2.40. The number of hydrogen-bond donors (Lipinski definition) is 1. The van der Waals surface area contributed by atoms with E-state index in [4.69, 9.17) is 5.73 Å². The molecule has 2 N–H and O–H groups in total. The predicted octanol–water partition coefficient (Wildman–Crippen LogP) is 2.86. The normalized spacial score (nSPS) is 20.2. The quantitative estimate of drug-likeness (QED) is 0.872. The van der Waals surface area contributed by atoms with Gasteiger partial charge in [0.1, 0.15) is 0 Å². The number of hydrogen-bond acceptors (Lipinski definition) is 3. The molecule has 20 heavy (non-hydrogen) atoms. The molecule has 0 atom stereocenters. The smallest absolute Gasteiger partial charge is 0.243 e. The molecule has 4 nitrogen and oxygen atoms in total. The molecule has 0 amide bonds. The maximum atomic E-state index is 12.6. The van der Waals surface area contributed by atoms with Crippen molar-refractivity contribution in [3.05, 3.63) is 24.3 Å². The first kappa shape index (κ1) is 15.3. The third kappa shape index (κ3) is 3.15. The van der Waals surface area contributed by atoms with Crippen LogP contribution < -0.4 is 5.73 Å². The molecule has 0 aliphatic heterocycles. The molecule has 2 rings (SSSR count). The molecule has 0 radical (unpaired) electrons. The highest BCUT2D eigenvalue weighted by Gasteiger charge is 2.33. The van der Waals surface area contributed by atoms with Gasteiger partial charge in [-0.2, -0.15) is 4.31 Å². The lowest BCUT2D eigenvalue weighted by Gasteiger charge is -2.38. The molecule has 1 aromatic carbocycles. The summed E-state index contributed by atoms with van der Waals surface area (Å²) in [7, 11) is -1.73. The molecule has 5 heteroatoms. The molecule has 1 saturated carbocycles. The molecule has 0 saturated heterocycles. The fraction of sp³-hybridized carbons (Fsp3) is 0.600. The molecular weight excluding hydrogens is 272 g/mol. The van der Waals surface area contributed by atoms with E-state index in [1.165, 1.54) is 4.31 Å². The summed E-state index contributed by atoms with van der Waals surface area (Å²) in [5.74, 6) is 0. The van der Waals surface area contributed by atoms with E-state index in [-0.39, 0.29) is 6.04 Å². The summed E-state index contributed by atoms with van der Waals surface area (Å²) >= 11 is 0. The lowest BCUT2D eigenvalue weighted by atomic mass is 9.76. The van der Waals surface area contributed by atoms with Crippen LogP contribution in [0.3, 0.4) is 0 Å². The Hall–Kier alpha value is -1.07. The van der Waals surface area contributed by atoms with Crippen molar-refractivity contribution in [1.82, 2.24) is 4.31 Å². The molecular formula is C15H24N2O2S. The van der Waals surface area contributed by atoms with Gasteiger partial charge in [0.15, 0.2) is 0 Å². The molecule has 1 aromatic rings. The van der Waals surface area contributed by atoms with Crippen LogP contribution in [0.15, 0.2) is 29.2 Å². The fourth-order valence-corrected chi connectivity index (χ4v) is 4.17. The predicted molar refractivity (Wildman–Crippen MR) is 81.8 cm³/mol. The maximum Gasteiger partial charge on any atom is 0.243 e. The summed E-state index contributed by atoms with van der Waals surface area (Å²) in [6, 6.07) is 6.52. The highest BCUT2D eigenvalue weighted by atomic mass is 32.2. The van der Waals surface area contributed by atoms with E-state index in [0.29, 0.717) is 16.0 Å². The van der Waals surface area contributed by atoms with Crippen LogP contribution in [-0.4, -0.2) is 25.8 Å². The zero-order valence-electron chi connectivity index (χ0n) is 12.5. The van der Waals surface area contributed by atoms with E-state index in [0.717, 1.165) is 25.7 Å². The minimum absolute atomic E-state index is 0.102. The van der Waals surface area contributed by atoms with E-state index < -0.39 is 10.0 Å². The second-order valence-corrected chi connectivity index (χ2v) is 8.48. The fourth-order valence-electron chi connectivity index (χ4n) is 2.75. The minimum Gasteiger partial charge on any atom is -0.399 e. The third-order valence-electron chi connectivity index (χ3n) is 4.38. The van der Waals surface area contributed by atoms with E-state index >= 15 is 0 Å². The number of rotatable bonds is 3. The standard InChI is InChI=1S/C15H24N2O2S/c1-15(2)10-8-13(9-11-15)17(3)20(18,19)14-6-4-12(16)5-7-14/h4-7,13H,8-11,16H2,1-3H3. The topological polar surface area (TPSA) is 63.4 Å². The molecule has 0 bridgehead atoms. The first-order valence-electron chi connectivity index (χ1n) is 7.06. The van der Waals surface area contributed by atoms with Crippen LogP contribution in [-0.2, 0) is 10.0 Å². The molecule has 1 aliphatic rings. The number of nitrogens with two attached hydrogens (primary N) is 1. The number of nitrogen functional groups attached to an aromatic ring is 1. The van der Waals surface area contributed by atoms with Crippen LogP contribution in [0.1, 0.15) is 39.5 Å². The van der Waals surface area contributed by atoms with Crippen molar-refractivity contribution in [2.45, 2.75) is 50.5 Å². The first-order chi connectivity index (χ1) is 9.22. The highest BCUT2D eigenvalue weighted by Crippen LogP contribution is 2.37. The minimum atomic E-state index is -3.41. The van der Waals surface area contributed by atoms with Crippen LogP contribution in [0.25, 0.3) is 0 Å². The molecule has 0 heterocycles. The summed E-state index contributed by atoms with van der Waals surface area (Å²) in [6.45, 7) is 4.50. The van der Waals surface area contributed by atoms with Crippen molar-refractivity contribution in [3.63, 3.8) is 0 Å². The van der Waals surface area contributed by atoms with Gasteiger partial charge in [-0.15, -0.1) is 0 Å². The van der Waals surface area contributed by atoms with Crippen LogP contribution >= 0.6 is 0 Å². The first-order valence-corrected chi connectivity index (χ1v) is 8.50. The molecule has 0 aromatic heterocycles. The Kier molecular flexibility index (Phi) is 4.12. The molecule has 1 fully saturated rings. The van der Waals surface area contributed by atoms with Crippen molar-refractivity contribution in [1.29, 1.82) is 0 Å². The van der Waals surface area contributed by atoms with E-state index in [9.17, 15) is 8.42 Å². The van der Waals surface area contributed by atoms with Crippen molar-refractivity contribution in [2.75, 3.05) is 12.8 Å². The number of benzene rings is 1. The third-order valence-corrected chi connectivity index (χ3v) is 6.30. The van der Waals surface area contributed by atoms with Gasteiger partial charge in [-0.1, -0.05) is 13.8 Å². The SMILES string of the molecule is CN(C1CCC(C)(C)CC1)S(=O)(=O)c1ccc(N)cc1. The van der Waals surface area contributed by atoms with Gasteiger partial charge in [-0.05, 0) is 55.4 Å². The van der Waals surface area contributed by atoms with Crippen molar-refractivity contribution in [3.8, 4) is 0 Å². The van der Waals surface area contributed by atoms with Gasteiger partial charge in [0, 0.05) is 18.8 Å². The molecule has 1 aliphatic carbocycles. The lowest BCUT2D eigenvalue weighted by molar-refractivity contribution is 0.174. The van der Waals surface area contributed by atoms with Crippen LogP contribution in [0.5, 0.6) is 0 Å². The zero-order chi connectivity index (χ0) is 15.0. The molecule has 0 unspecified atom stereocenters. The van der Waals surface area contributed by atoms with Crippen LogP contribution in [0, 0.1) is 5.41 Å². The van der Waals surface area contributed by atoms with Gasteiger partial charge in [0.25, 0.3) is 0 Å². The van der Waals surface area contributed by atoms with Crippen molar-refractivity contribution < 1.29 is 8.42 Å². The van der Waals surface area contributed by atoms with E-state index in [1.54, 1.807) is 31.3 Å². The Balaban J connectivity index is 2.16. The van der Waals surface area contributed by atoms with Gasteiger partial charge in [-0.3, -0.25) is 0 Å². The van der Waals surface area contributed by atoms with Gasteiger partial charge in [-0.25, -0.2) is 8.42 Å². The van der Waals surface area contributed by atoms with E-state index in [2.05, 4.69) is 13.8 Å². The number of sulfonamides is 1. The van der Waals surface area contributed by atoms with Crippen molar-refractivity contribution >= 4 is 15.7 Å². The molecule has 112 valence electrons. The summed E-state index contributed by atoms with van der Waals surface area (Å²) in [5, 5.41) is 0. The Morgan fingerprint density at radius 1 is 1.15 bits per heavy atom. The Morgan fingerprint density at radius 2 is 1.65 bits per heavy atom. The van der Waals surface area contributed by atoms with E-state index in [1.807, 2.05) is 0 Å². The van der Waals surface area contributed by atoms with Crippen LogP contribution in [0.4, 0.5) is 5.69 Å². The van der Waals surface area contributed by atoms with Gasteiger partial charge in [0.05, 0.1) is 4.90 Å². The average molecular weight is 296 g/mol. The maximum absolute atomic E-state index is 12.6. The number of nitrogens with zero attached hydrogens (tertiary/aromatic N) is 1. The average Bonchev–Trinajstić information content (AvgIpc) is 2.38. The monoisotopic (exact) mass is 296 g/mol. The summed E-state index contributed by atoms with van der Waals surface area (Å²) < 4.78 is 26.7. The second-order valence-electron chi connectivity index (χ2n) is 6.49. The van der Waals surface area contributed by atoms with Gasteiger partial charge >= 0.3 is 0 Å². The Bertz CT molecular complexity index is 554. The Labute approximate surface area is 122 Å². The summed E-state index contributed by atoms with van der Waals surface area (Å²) in [5.41, 5.74) is 6.52. The summed E-state index contributed by atoms with van der Waals surface area (Å²) in [6.07, 6.45) is 3.99. The van der Waals surface area contributed by atoms with Crippen molar-refractivity contribution in [2.24, 2.45) is 5.41 Å². The summed E-state index contributed by atoms with van der Waals surface area (Å²) in [4.78, 5) is 0.319. The van der Waals surface area contributed by atoms with Crippen LogP contribution in [0.2, 0.25) is 0 Å². The highest BCUT2D eigenvalue weighted by molar-refractivity contribution is 7.89. The largest absolute Gasteiger partial charge is 0.399 e. The Morgan fingerprint density at radius 3 is 2.15 bits per heavy atom. The second kappa shape index (κ2) is 5.37. The zero-order valence-corrected chi connectivity index (χ0v) is 13.3.